The lowest BCUT2D eigenvalue weighted by Gasteiger charge is -2.14. The number of carbonyl (C=O) groups excluding carboxylic acids is 2. The van der Waals surface area contributed by atoms with E-state index in [1.807, 2.05) is 0 Å². The number of ether oxygens (including phenoxy) is 1. The van der Waals surface area contributed by atoms with Gasteiger partial charge in [-0.3, -0.25) is 9.59 Å². The van der Waals surface area contributed by atoms with E-state index in [1.165, 1.54) is 37.3 Å². The van der Waals surface area contributed by atoms with E-state index in [-0.39, 0.29) is 30.1 Å². The first-order valence-corrected chi connectivity index (χ1v) is 8.22. The van der Waals surface area contributed by atoms with E-state index in [4.69, 9.17) is 11.6 Å². The van der Waals surface area contributed by atoms with Crippen LogP contribution in [-0.4, -0.2) is 18.2 Å². The highest BCUT2D eigenvalue weighted by atomic mass is 35.5. The quantitative estimate of drug-likeness (QED) is 0.734. The minimum Gasteiger partial charge on any atom is -0.406 e. The molecule has 0 aromatic heterocycles. The van der Waals surface area contributed by atoms with Gasteiger partial charge in [-0.15, -0.1) is 13.2 Å². The molecular weight excluding hydrogens is 385 g/mol. The Morgan fingerprint density at radius 3 is 2.44 bits per heavy atom. The zero-order valence-electron chi connectivity index (χ0n) is 14.2. The number of carbonyl (C=O) groups is 2. The standard InChI is InChI=1S/C18H16ClF3N2O3/c1-11(25)23-14-8-7-13(19)10-15(14)24-17(26)9-6-12-4-2-3-5-16(12)27-18(20,21)22/h2-5,7-8,10H,6,9H2,1H3,(H,23,25)(H,24,26). The van der Waals surface area contributed by atoms with Crippen LogP contribution in [0, 0.1) is 0 Å². The molecule has 2 N–H and O–H groups in total. The molecule has 0 spiro atoms. The number of nitrogens with one attached hydrogen (secondary N) is 2. The summed E-state index contributed by atoms with van der Waals surface area (Å²) in [5.74, 6) is -1.13. The van der Waals surface area contributed by atoms with Crippen LogP contribution in [0.1, 0.15) is 18.9 Å². The number of aryl methyl sites for hydroxylation is 1. The third-order valence-electron chi connectivity index (χ3n) is 3.39. The molecular formula is C18H16ClF3N2O3. The Morgan fingerprint density at radius 1 is 1.07 bits per heavy atom. The summed E-state index contributed by atoms with van der Waals surface area (Å²) >= 11 is 5.90. The summed E-state index contributed by atoms with van der Waals surface area (Å²) in [7, 11) is 0. The molecule has 27 heavy (non-hydrogen) atoms. The topological polar surface area (TPSA) is 67.4 Å². The molecule has 0 radical (unpaired) electrons. The lowest BCUT2D eigenvalue weighted by atomic mass is 10.1. The van der Waals surface area contributed by atoms with Crippen LogP contribution >= 0.6 is 11.6 Å². The van der Waals surface area contributed by atoms with Crippen LogP contribution in [0.4, 0.5) is 24.5 Å². The van der Waals surface area contributed by atoms with Crippen LogP contribution in [0.15, 0.2) is 42.5 Å². The molecule has 0 heterocycles. The van der Waals surface area contributed by atoms with E-state index in [0.29, 0.717) is 16.4 Å². The summed E-state index contributed by atoms with van der Waals surface area (Å²) in [6, 6.07) is 10.2. The van der Waals surface area contributed by atoms with Crippen molar-refractivity contribution in [1.82, 2.24) is 0 Å². The maximum Gasteiger partial charge on any atom is 0.573 e. The summed E-state index contributed by atoms with van der Waals surface area (Å²) in [6.45, 7) is 1.32. The summed E-state index contributed by atoms with van der Waals surface area (Å²) in [5.41, 5.74) is 0.904. The molecule has 2 amide bonds. The third-order valence-corrected chi connectivity index (χ3v) is 3.62. The lowest BCUT2D eigenvalue weighted by Crippen LogP contribution is -2.19. The van der Waals surface area contributed by atoms with Crippen molar-refractivity contribution in [1.29, 1.82) is 0 Å². The van der Waals surface area contributed by atoms with E-state index < -0.39 is 12.3 Å². The van der Waals surface area contributed by atoms with Gasteiger partial charge >= 0.3 is 6.36 Å². The molecule has 0 fully saturated rings. The monoisotopic (exact) mass is 400 g/mol. The molecule has 0 saturated heterocycles. The first-order valence-electron chi connectivity index (χ1n) is 7.84. The normalized spacial score (nSPS) is 11.0. The van der Waals surface area contributed by atoms with Crippen molar-refractivity contribution >= 4 is 34.8 Å². The highest BCUT2D eigenvalue weighted by molar-refractivity contribution is 6.31. The molecule has 0 aliphatic carbocycles. The van der Waals surface area contributed by atoms with Gasteiger partial charge in [0.05, 0.1) is 11.4 Å². The van der Waals surface area contributed by atoms with Crippen molar-refractivity contribution in [2.24, 2.45) is 0 Å². The summed E-state index contributed by atoms with van der Waals surface area (Å²) < 4.78 is 41.3. The minimum atomic E-state index is -4.81. The van der Waals surface area contributed by atoms with Gasteiger partial charge in [0.15, 0.2) is 0 Å². The Morgan fingerprint density at radius 2 is 1.78 bits per heavy atom. The summed E-state index contributed by atoms with van der Waals surface area (Å²) in [6.07, 6.45) is -4.87. The molecule has 2 aromatic carbocycles. The van der Waals surface area contributed by atoms with Gasteiger partial charge in [0, 0.05) is 18.4 Å². The Hall–Kier alpha value is -2.74. The van der Waals surface area contributed by atoms with Crippen LogP contribution in [-0.2, 0) is 16.0 Å². The van der Waals surface area contributed by atoms with Gasteiger partial charge in [-0.05, 0) is 36.2 Å². The predicted molar refractivity (Wildman–Crippen MR) is 95.8 cm³/mol. The second-order valence-corrected chi connectivity index (χ2v) is 6.01. The fourth-order valence-corrected chi connectivity index (χ4v) is 2.49. The highest BCUT2D eigenvalue weighted by Crippen LogP contribution is 2.28. The van der Waals surface area contributed by atoms with E-state index in [9.17, 15) is 22.8 Å². The first-order chi connectivity index (χ1) is 12.6. The number of benzene rings is 2. The van der Waals surface area contributed by atoms with E-state index >= 15 is 0 Å². The number of hydrogen-bond donors (Lipinski definition) is 2. The lowest BCUT2D eigenvalue weighted by molar-refractivity contribution is -0.274. The van der Waals surface area contributed by atoms with Crippen molar-refractivity contribution in [2.45, 2.75) is 26.1 Å². The van der Waals surface area contributed by atoms with Crippen molar-refractivity contribution in [2.75, 3.05) is 10.6 Å². The number of halogens is 4. The van der Waals surface area contributed by atoms with Gasteiger partial charge in [0.1, 0.15) is 5.75 Å². The number of alkyl halides is 3. The average molecular weight is 401 g/mol. The zero-order valence-corrected chi connectivity index (χ0v) is 14.9. The van der Waals surface area contributed by atoms with E-state index in [1.54, 1.807) is 12.1 Å². The number of anilines is 2. The second kappa shape index (κ2) is 8.77. The number of hydrogen-bond acceptors (Lipinski definition) is 3. The molecule has 0 bridgehead atoms. The number of amides is 2. The molecule has 5 nitrogen and oxygen atoms in total. The van der Waals surface area contributed by atoms with Crippen LogP contribution in [0.2, 0.25) is 5.02 Å². The Labute approximate surface area is 158 Å². The van der Waals surface area contributed by atoms with E-state index in [2.05, 4.69) is 15.4 Å². The van der Waals surface area contributed by atoms with Gasteiger partial charge < -0.3 is 15.4 Å². The van der Waals surface area contributed by atoms with Gasteiger partial charge in [0.2, 0.25) is 11.8 Å². The molecule has 0 aliphatic rings. The molecule has 0 saturated carbocycles. The molecule has 2 aromatic rings. The molecule has 144 valence electrons. The van der Waals surface area contributed by atoms with Gasteiger partial charge in [-0.2, -0.15) is 0 Å². The van der Waals surface area contributed by atoms with Gasteiger partial charge in [-0.25, -0.2) is 0 Å². The maximum absolute atomic E-state index is 12.4. The minimum absolute atomic E-state index is 0.0358. The Kier molecular flexibility index (Phi) is 6.68. The Balaban J connectivity index is 2.06. The first kappa shape index (κ1) is 20.6. The molecule has 0 atom stereocenters. The van der Waals surface area contributed by atoms with Crippen LogP contribution < -0.4 is 15.4 Å². The maximum atomic E-state index is 12.4. The van der Waals surface area contributed by atoms with Crippen LogP contribution in [0.5, 0.6) is 5.75 Å². The molecule has 0 aliphatic heterocycles. The second-order valence-electron chi connectivity index (χ2n) is 5.57. The third kappa shape index (κ3) is 6.82. The van der Waals surface area contributed by atoms with Gasteiger partial charge in [0.25, 0.3) is 0 Å². The number of para-hydroxylation sites is 1. The van der Waals surface area contributed by atoms with Crippen LogP contribution in [0.3, 0.4) is 0 Å². The SMILES string of the molecule is CC(=O)Nc1ccc(Cl)cc1NC(=O)CCc1ccccc1OC(F)(F)F. The smallest absolute Gasteiger partial charge is 0.406 e. The largest absolute Gasteiger partial charge is 0.573 e. The van der Waals surface area contributed by atoms with Crippen molar-refractivity contribution in [3.8, 4) is 5.75 Å². The van der Waals surface area contributed by atoms with Gasteiger partial charge in [-0.1, -0.05) is 29.8 Å². The Bertz CT molecular complexity index is 841. The fraction of sp³-hybridized carbons (Fsp3) is 0.222. The van der Waals surface area contributed by atoms with E-state index in [0.717, 1.165) is 0 Å². The van der Waals surface area contributed by atoms with Crippen LogP contribution in [0.25, 0.3) is 0 Å². The number of rotatable bonds is 6. The van der Waals surface area contributed by atoms with Crippen molar-refractivity contribution < 1.29 is 27.5 Å². The molecule has 9 heteroatoms. The zero-order chi connectivity index (χ0) is 20.0. The highest BCUT2D eigenvalue weighted by Gasteiger charge is 2.31. The molecule has 0 unspecified atom stereocenters. The summed E-state index contributed by atoms with van der Waals surface area (Å²) in [4.78, 5) is 23.4. The van der Waals surface area contributed by atoms with Crippen molar-refractivity contribution in [3.05, 3.63) is 53.1 Å². The fourth-order valence-electron chi connectivity index (χ4n) is 2.31. The average Bonchev–Trinajstić information content (AvgIpc) is 2.55. The molecule has 2 rings (SSSR count). The van der Waals surface area contributed by atoms with Crippen molar-refractivity contribution in [3.63, 3.8) is 0 Å². The predicted octanol–water partition coefficient (Wildman–Crippen LogP) is 4.77. The summed E-state index contributed by atoms with van der Waals surface area (Å²) in [5, 5.41) is 5.50.